The van der Waals surface area contributed by atoms with E-state index in [1.54, 1.807) is 0 Å². The quantitative estimate of drug-likeness (QED) is 0.189. The zero-order valence-electron chi connectivity index (χ0n) is 25.7. The van der Waals surface area contributed by atoms with Gasteiger partial charge in [-0.15, -0.1) is 5.10 Å². The molecule has 1 aliphatic carbocycles. The van der Waals surface area contributed by atoms with E-state index >= 15 is 0 Å². The molecule has 0 radical (unpaired) electrons. The first-order valence-electron chi connectivity index (χ1n) is 16.1. The number of hydrogen-bond donors (Lipinski definition) is 0. The first-order valence-corrected chi connectivity index (χ1v) is 16.1. The van der Waals surface area contributed by atoms with Crippen LogP contribution in [0.5, 0.6) is 0 Å². The molecular formula is C42H31N5. The van der Waals surface area contributed by atoms with E-state index in [9.17, 15) is 0 Å². The fraction of sp³-hybridized carbons (Fsp3) is 0.0476. The highest BCUT2D eigenvalue weighted by molar-refractivity contribution is 6.10. The minimum absolute atomic E-state index is 0.783. The molecule has 0 aliphatic heterocycles. The summed E-state index contributed by atoms with van der Waals surface area (Å²) in [5.74, 6) is 0.783. The number of pyridine rings is 1. The summed E-state index contributed by atoms with van der Waals surface area (Å²) >= 11 is 0. The van der Waals surface area contributed by atoms with Crippen LogP contribution in [0.2, 0.25) is 0 Å². The molecule has 0 saturated carbocycles. The lowest BCUT2D eigenvalue weighted by Crippen LogP contribution is -2.09. The van der Waals surface area contributed by atoms with E-state index in [2.05, 4.69) is 149 Å². The third-order valence-corrected chi connectivity index (χ3v) is 9.11. The molecule has 5 nitrogen and oxygen atoms in total. The van der Waals surface area contributed by atoms with Crippen molar-refractivity contribution in [2.75, 3.05) is 4.90 Å². The van der Waals surface area contributed by atoms with Gasteiger partial charge in [0, 0.05) is 45.3 Å². The summed E-state index contributed by atoms with van der Waals surface area (Å²) < 4.78 is 4.32. The van der Waals surface area contributed by atoms with Gasteiger partial charge in [0.25, 0.3) is 0 Å². The molecule has 0 fully saturated rings. The molecule has 0 bridgehead atoms. The number of hydrogen-bond acceptors (Lipinski definition) is 3. The molecule has 5 aromatic carbocycles. The van der Waals surface area contributed by atoms with Gasteiger partial charge < -0.3 is 9.47 Å². The minimum atomic E-state index is 0.783. The summed E-state index contributed by atoms with van der Waals surface area (Å²) in [5.41, 5.74) is 11.3. The molecule has 0 unspecified atom stereocenters. The Morgan fingerprint density at radius 2 is 1.13 bits per heavy atom. The summed E-state index contributed by atoms with van der Waals surface area (Å²) in [6, 6.07) is 51.2. The summed E-state index contributed by atoms with van der Waals surface area (Å²) in [5, 5.41) is 7.50. The average Bonchev–Trinajstić information content (AvgIpc) is 3.73. The largest absolute Gasteiger partial charge is 0.313 e. The van der Waals surface area contributed by atoms with Crippen molar-refractivity contribution in [1.29, 1.82) is 0 Å². The summed E-state index contributed by atoms with van der Waals surface area (Å²) in [6.07, 6.45) is 8.22. The molecule has 5 heteroatoms. The summed E-state index contributed by atoms with van der Waals surface area (Å²) in [4.78, 5) is 7.36. The topological polar surface area (TPSA) is 38.4 Å². The molecule has 0 amide bonds. The van der Waals surface area contributed by atoms with Crippen molar-refractivity contribution in [3.8, 4) is 11.1 Å². The number of allylic oxidation sites excluding steroid dienone is 4. The molecule has 0 N–H and O–H groups in total. The lowest BCUT2D eigenvalue weighted by molar-refractivity contribution is 0.927. The Kier molecular flexibility index (Phi) is 6.53. The number of para-hydroxylation sites is 4. The molecule has 9 rings (SSSR count). The van der Waals surface area contributed by atoms with Gasteiger partial charge in [0.05, 0.1) is 11.0 Å². The van der Waals surface area contributed by atoms with Gasteiger partial charge in [-0.25, -0.2) is 9.50 Å². The van der Waals surface area contributed by atoms with Gasteiger partial charge in [0.1, 0.15) is 0 Å². The SMILES string of the molecule is C1=C(c2nc3c(-c4ccc(N(c5ccccc5)c5ccccc5)cc4)cccn3n2)CCC(n2c3ccccc3c3ccccc32)=C1. The predicted octanol–water partition coefficient (Wildman–Crippen LogP) is 10.7. The van der Waals surface area contributed by atoms with Crippen LogP contribution in [0.1, 0.15) is 18.7 Å². The zero-order chi connectivity index (χ0) is 31.2. The summed E-state index contributed by atoms with van der Waals surface area (Å²) in [7, 11) is 0. The van der Waals surface area contributed by atoms with Crippen LogP contribution in [0.3, 0.4) is 0 Å². The Balaban J connectivity index is 1.06. The van der Waals surface area contributed by atoms with Crippen molar-refractivity contribution in [3.05, 3.63) is 170 Å². The number of anilines is 3. The van der Waals surface area contributed by atoms with E-state index in [-0.39, 0.29) is 0 Å². The second-order valence-electron chi connectivity index (χ2n) is 11.9. The molecule has 0 spiro atoms. The van der Waals surface area contributed by atoms with E-state index in [4.69, 9.17) is 10.1 Å². The first kappa shape index (κ1) is 27.1. The van der Waals surface area contributed by atoms with Crippen LogP contribution in [0, 0.1) is 0 Å². The van der Waals surface area contributed by atoms with E-state index in [1.807, 2.05) is 28.9 Å². The lowest BCUT2D eigenvalue weighted by atomic mass is 10.0. The van der Waals surface area contributed by atoms with Crippen molar-refractivity contribution in [1.82, 2.24) is 19.2 Å². The highest BCUT2D eigenvalue weighted by atomic mass is 15.3. The standard InChI is InChI=1S/C42H31N5/c1-3-12-32(13-4-1)46(33-14-5-2-6-15-33)34-25-21-30(22-26-34)36-18-11-29-45-42(36)43-41(44-45)31-23-27-35(28-24-31)47-39-19-9-7-16-37(39)38-17-8-10-20-40(38)47/h1-23,25-27,29H,24,28H2. The first-order chi connectivity index (χ1) is 23.3. The van der Waals surface area contributed by atoms with Gasteiger partial charge in [-0.3, -0.25) is 0 Å². The Bertz CT molecular complexity index is 2360. The van der Waals surface area contributed by atoms with Gasteiger partial charge in [-0.2, -0.15) is 0 Å². The second kappa shape index (κ2) is 11.3. The molecule has 224 valence electrons. The fourth-order valence-corrected chi connectivity index (χ4v) is 6.89. The van der Waals surface area contributed by atoms with E-state index < -0.39 is 0 Å². The Morgan fingerprint density at radius 1 is 0.532 bits per heavy atom. The lowest BCUT2D eigenvalue weighted by Gasteiger charge is -2.25. The van der Waals surface area contributed by atoms with Crippen LogP contribution in [-0.2, 0) is 0 Å². The second-order valence-corrected chi connectivity index (χ2v) is 11.9. The van der Waals surface area contributed by atoms with E-state index in [0.717, 1.165) is 58.1 Å². The van der Waals surface area contributed by atoms with E-state index in [0.29, 0.717) is 0 Å². The van der Waals surface area contributed by atoms with Crippen LogP contribution < -0.4 is 4.90 Å². The summed E-state index contributed by atoms with van der Waals surface area (Å²) in [6.45, 7) is 0. The predicted molar refractivity (Wildman–Crippen MR) is 194 cm³/mol. The highest BCUT2D eigenvalue weighted by Crippen LogP contribution is 2.38. The van der Waals surface area contributed by atoms with Crippen molar-refractivity contribution in [3.63, 3.8) is 0 Å². The highest BCUT2D eigenvalue weighted by Gasteiger charge is 2.19. The molecule has 0 saturated heterocycles. The van der Waals surface area contributed by atoms with Crippen LogP contribution in [0.15, 0.2) is 164 Å². The molecule has 8 aromatic rings. The average molecular weight is 606 g/mol. The van der Waals surface area contributed by atoms with Gasteiger partial charge in [-0.05, 0) is 90.7 Å². The monoisotopic (exact) mass is 605 g/mol. The Hall–Kier alpha value is -6.20. The Labute approximate surface area is 273 Å². The number of benzene rings is 5. The molecular weight excluding hydrogens is 574 g/mol. The molecule has 3 aromatic heterocycles. The van der Waals surface area contributed by atoms with Gasteiger partial charge in [0.2, 0.25) is 0 Å². The fourth-order valence-electron chi connectivity index (χ4n) is 6.89. The smallest absolute Gasteiger partial charge is 0.178 e. The van der Waals surface area contributed by atoms with Crippen molar-refractivity contribution in [2.24, 2.45) is 0 Å². The molecule has 1 aliphatic rings. The van der Waals surface area contributed by atoms with Crippen molar-refractivity contribution < 1.29 is 0 Å². The maximum absolute atomic E-state index is 5.09. The Morgan fingerprint density at radius 3 is 1.74 bits per heavy atom. The maximum Gasteiger partial charge on any atom is 0.178 e. The van der Waals surface area contributed by atoms with Gasteiger partial charge in [-0.1, -0.05) is 91.0 Å². The maximum atomic E-state index is 5.09. The van der Waals surface area contributed by atoms with Crippen LogP contribution >= 0.6 is 0 Å². The van der Waals surface area contributed by atoms with Gasteiger partial charge in [0.15, 0.2) is 11.5 Å². The number of aromatic nitrogens is 4. The molecule has 3 heterocycles. The van der Waals surface area contributed by atoms with Gasteiger partial charge >= 0.3 is 0 Å². The number of nitrogens with zero attached hydrogens (tertiary/aromatic N) is 5. The van der Waals surface area contributed by atoms with Crippen LogP contribution in [-0.4, -0.2) is 19.2 Å². The normalized spacial score (nSPS) is 13.2. The minimum Gasteiger partial charge on any atom is -0.313 e. The third kappa shape index (κ3) is 4.72. The van der Waals surface area contributed by atoms with E-state index in [1.165, 1.54) is 27.5 Å². The van der Waals surface area contributed by atoms with Crippen LogP contribution in [0.25, 0.3) is 49.9 Å². The molecule has 0 atom stereocenters. The molecule has 47 heavy (non-hydrogen) atoms. The third-order valence-electron chi connectivity index (χ3n) is 9.11. The number of fused-ring (bicyclic) bond motifs is 4. The zero-order valence-corrected chi connectivity index (χ0v) is 25.7. The van der Waals surface area contributed by atoms with Crippen LogP contribution in [0.4, 0.5) is 17.1 Å². The van der Waals surface area contributed by atoms with Crippen molar-refractivity contribution in [2.45, 2.75) is 12.8 Å². The number of rotatable bonds is 6. The van der Waals surface area contributed by atoms with Crippen molar-refractivity contribution >= 4 is 55.8 Å².